The highest BCUT2D eigenvalue weighted by Gasteiger charge is 2.25. The molecule has 0 unspecified atom stereocenters. The van der Waals surface area contributed by atoms with E-state index in [4.69, 9.17) is 11.6 Å². The van der Waals surface area contributed by atoms with Gasteiger partial charge in [-0.15, -0.1) is 0 Å². The van der Waals surface area contributed by atoms with Crippen molar-refractivity contribution in [2.45, 2.75) is 25.9 Å². The smallest absolute Gasteiger partial charge is 0.370 e. The van der Waals surface area contributed by atoms with Gasteiger partial charge < -0.3 is 5.32 Å². The summed E-state index contributed by atoms with van der Waals surface area (Å²) < 4.78 is 35.5. The van der Waals surface area contributed by atoms with Crippen LogP contribution in [0.15, 0.2) is 6.07 Å². The Balaban J connectivity index is 2.37. The number of aromatic nitrogens is 2. The SMILES string of the molecule is Cc1cc(NCCCC(F)(F)F)nc(Cl)n1. The third-order valence-corrected chi connectivity index (χ3v) is 1.94. The van der Waals surface area contributed by atoms with Gasteiger partial charge in [0.1, 0.15) is 5.82 Å². The number of anilines is 1. The minimum absolute atomic E-state index is 0.00414. The quantitative estimate of drug-likeness (QED) is 0.661. The lowest BCUT2D eigenvalue weighted by molar-refractivity contribution is -0.134. The number of rotatable bonds is 4. The molecule has 0 bridgehead atoms. The van der Waals surface area contributed by atoms with Crippen LogP contribution in [0.3, 0.4) is 0 Å². The molecule has 7 heteroatoms. The topological polar surface area (TPSA) is 37.8 Å². The second-order valence-electron chi connectivity index (χ2n) is 3.31. The van der Waals surface area contributed by atoms with Crippen LogP contribution < -0.4 is 5.32 Å². The predicted octanol–water partition coefficient (Wildman–Crippen LogP) is 3.19. The normalized spacial score (nSPS) is 11.6. The van der Waals surface area contributed by atoms with E-state index in [2.05, 4.69) is 15.3 Å². The Morgan fingerprint density at radius 1 is 1.38 bits per heavy atom. The largest absolute Gasteiger partial charge is 0.389 e. The van der Waals surface area contributed by atoms with Gasteiger partial charge in [-0.3, -0.25) is 0 Å². The molecule has 0 atom stereocenters. The van der Waals surface area contributed by atoms with E-state index in [1.165, 1.54) is 0 Å². The van der Waals surface area contributed by atoms with E-state index in [0.29, 0.717) is 11.5 Å². The molecule has 16 heavy (non-hydrogen) atoms. The number of aryl methyl sites for hydroxylation is 1. The van der Waals surface area contributed by atoms with Gasteiger partial charge in [0.05, 0.1) is 0 Å². The third-order valence-electron chi connectivity index (χ3n) is 1.77. The molecule has 0 aliphatic rings. The summed E-state index contributed by atoms with van der Waals surface area (Å²) in [6, 6.07) is 1.62. The van der Waals surface area contributed by atoms with Crippen LogP contribution in [-0.2, 0) is 0 Å². The van der Waals surface area contributed by atoms with E-state index in [-0.39, 0.29) is 18.2 Å². The van der Waals surface area contributed by atoms with Crippen molar-refractivity contribution in [3.8, 4) is 0 Å². The Morgan fingerprint density at radius 3 is 2.62 bits per heavy atom. The Morgan fingerprint density at radius 2 is 2.06 bits per heavy atom. The van der Waals surface area contributed by atoms with Crippen molar-refractivity contribution >= 4 is 17.4 Å². The van der Waals surface area contributed by atoms with Crippen molar-refractivity contribution in [2.24, 2.45) is 0 Å². The highest BCUT2D eigenvalue weighted by molar-refractivity contribution is 6.28. The maximum atomic E-state index is 11.8. The number of nitrogens with zero attached hydrogens (tertiary/aromatic N) is 2. The maximum absolute atomic E-state index is 11.8. The lowest BCUT2D eigenvalue weighted by atomic mass is 10.3. The van der Waals surface area contributed by atoms with Gasteiger partial charge in [0.2, 0.25) is 5.28 Å². The van der Waals surface area contributed by atoms with Crippen molar-refractivity contribution in [1.29, 1.82) is 0 Å². The average molecular weight is 254 g/mol. The van der Waals surface area contributed by atoms with E-state index >= 15 is 0 Å². The molecule has 0 radical (unpaired) electrons. The van der Waals surface area contributed by atoms with Gasteiger partial charge in [0.15, 0.2) is 0 Å². The van der Waals surface area contributed by atoms with Crippen LogP contribution in [-0.4, -0.2) is 22.7 Å². The summed E-state index contributed by atoms with van der Waals surface area (Å²) in [5.74, 6) is 0.444. The fourth-order valence-electron chi connectivity index (χ4n) is 1.13. The number of halogens is 4. The molecule has 0 aliphatic heterocycles. The molecule has 0 spiro atoms. The van der Waals surface area contributed by atoms with E-state index < -0.39 is 12.6 Å². The molecule has 3 nitrogen and oxygen atoms in total. The lowest BCUT2D eigenvalue weighted by Crippen LogP contribution is -2.11. The van der Waals surface area contributed by atoms with Crippen LogP contribution >= 0.6 is 11.6 Å². The zero-order valence-corrected chi connectivity index (χ0v) is 9.36. The number of hydrogen-bond donors (Lipinski definition) is 1. The summed E-state index contributed by atoms with van der Waals surface area (Å²) in [5.41, 5.74) is 0.665. The molecule has 1 rings (SSSR count). The fraction of sp³-hybridized carbons (Fsp3) is 0.556. The minimum atomic E-state index is -4.11. The summed E-state index contributed by atoms with van der Waals surface area (Å²) in [6.45, 7) is 1.93. The molecule has 0 amide bonds. The predicted molar refractivity (Wildman–Crippen MR) is 55.6 cm³/mol. The van der Waals surface area contributed by atoms with Gasteiger partial charge in [-0.05, 0) is 24.9 Å². The summed E-state index contributed by atoms with van der Waals surface area (Å²) in [4.78, 5) is 7.67. The van der Waals surface area contributed by atoms with E-state index in [9.17, 15) is 13.2 Å². The maximum Gasteiger partial charge on any atom is 0.389 e. The van der Waals surface area contributed by atoms with Crippen molar-refractivity contribution in [2.75, 3.05) is 11.9 Å². The first-order valence-corrected chi connectivity index (χ1v) is 5.06. The van der Waals surface area contributed by atoms with Gasteiger partial charge in [-0.2, -0.15) is 13.2 Å². The molecular weight excluding hydrogens is 243 g/mol. The van der Waals surface area contributed by atoms with Gasteiger partial charge in [0.25, 0.3) is 0 Å². The summed E-state index contributed by atoms with van der Waals surface area (Å²) in [6.07, 6.45) is -4.91. The minimum Gasteiger partial charge on any atom is -0.370 e. The Bertz CT molecular complexity index is 334. The fourth-order valence-corrected chi connectivity index (χ4v) is 1.35. The van der Waals surface area contributed by atoms with E-state index in [0.717, 1.165) is 0 Å². The Labute approximate surface area is 96.0 Å². The Kier molecular flexibility index (Phi) is 4.35. The zero-order valence-electron chi connectivity index (χ0n) is 8.60. The second kappa shape index (κ2) is 5.34. The van der Waals surface area contributed by atoms with Crippen LogP contribution in [0.1, 0.15) is 18.5 Å². The Hall–Kier alpha value is -1.04. The van der Waals surface area contributed by atoms with Crippen molar-refractivity contribution in [3.63, 3.8) is 0 Å². The molecule has 0 saturated heterocycles. The second-order valence-corrected chi connectivity index (χ2v) is 3.65. The van der Waals surface area contributed by atoms with Crippen molar-refractivity contribution < 1.29 is 13.2 Å². The summed E-state index contributed by atoms with van der Waals surface area (Å²) in [5, 5.41) is 2.85. The molecule has 1 N–H and O–H groups in total. The van der Waals surface area contributed by atoms with Crippen molar-refractivity contribution in [3.05, 3.63) is 17.0 Å². The van der Waals surface area contributed by atoms with Gasteiger partial charge in [-0.1, -0.05) is 0 Å². The third kappa shape index (κ3) is 5.16. The van der Waals surface area contributed by atoms with Crippen LogP contribution in [0.2, 0.25) is 5.28 Å². The van der Waals surface area contributed by atoms with Crippen LogP contribution in [0.5, 0.6) is 0 Å². The average Bonchev–Trinajstić information content (AvgIpc) is 2.09. The zero-order chi connectivity index (χ0) is 12.2. The first-order chi connectivity index (χ1) is 7.37. The van der Waals surface area contributed by atoms with Crippen LogP contribution in [0.4, 0.5) is 19.0 Å². The molecule has 0 aromatic carbocycles. The standard InChI is InChI=1S/C9H11ClF3N3/c1-6-5-7(16-8(10)15-6)14-4-2-3-9(11,12)13/h5H,2-4H2,1H3,(H,14,15,16). The van der Waals surface area contributed by atoms with Gasteiger partial charge >= 0.3 is 6.18 Å². The summed E-state index contributed by atoms with van der Waals surface area (Å²) >= 11 is 5.59. The summed E-state index contributed by atoms with van der Waals surface area (Å²) in [7, 11) is 0. The van der Waals surface area contributed by atoms with Crippen LogP contribution in [0, 0.1) is 6.92 Å². The molecule has 0 saturated carbocycles. The monoisotopic (exact) mass is 253 g/mol. The molecule has 90 valence electrons. The molecular formula is C9H11ClF3N3. The first-order valence-electron chi connectivity index (χ1n) is 4.68. The lowest BCUT2D eigenvalue weighted by Gasteiger charge is -2.08. The number of nitrogens with one attached hydrogen (secondary N) is 1. The van der Waals surface area contributed by atoms with Gasteiger partial charge in [0, 0.05) is 24.7 Å². The highest BCUT2D eigenvalue weighted by atomic mass is 35.5. The first kappa shape index (κ1) is 13.0. The van der Waals surface area contributed by atoms with E-state index in [1.807, 2.05) is 0 Å². The van der Waals surface area contributed by atoms with E-state index in [1.54, 1.807) is 13.0 Å². The molecule has 1 heterocycles. The van der Waals surface area contributed by atoms with Gasteiger partial charge in [-0.25, -0.2) is 9.97 Å². The highest BCUT2D eigenvalue weighted by Crippen LogP contribution is 2.21. The number of hydrogen-bond acceptors (Lipinski definition) is 3. The molecule has 1 aromatic rings. The molecule has 0 fully saturated rings. The molecule has 1 aromatic heterocycles. The number of alkyl halides is 3. The molecule has 0 aliphatic carbocycles. The van der Waals surface area contributed by atoms with Crippen molar-refractivity contribution in [1.82, 2.24) is 9.97 Å². The van der Waals surface area contributed by atoms with Crippen LogP contribution in [0.25, 0.3) is 0 Å².